The number of nitrogens with zero attached hydrogens (tertiary/aromatic N) is 1. The minimum Gasteiger partial charge on any atom is -0.544 e. The predicted molar refractivity (Wildman–Crippen MR) is 197 cm³/mol. The highest BCUT2D eigenvalue weighted by Crippen LogP contribution is 2.40. The molecule has 0 spiro atoms. The molecule has 2 atom stereocenters. The fourth-order valence-corrected chi connectivity index (χ4v) is 11.9. The second kappa shape index (κ2) is 13.7. The fourth-order valence-electron chi connectivity index (χ4n) is 6.23. The number of hydrogen-bond donors (Lipinski definition) is 0. The van der Waals surface area contributed by atoms with Crippen molar-refractivity contribution >= 4 is 39.0 Å². The second-order valence-corrected chi connectivity index (χ2v) is 25.5. The number of hydrogen-bond acceptors (Lipinski definition) is 5. The number of imide groups is 1. The van der Waals surface area contributed by atoms with Gasteiger partial charge in [-0.1, -0.05) is 114 Å². The van der Waals surface area contributed by atoms with E-state index in [1.165, 1.54) is 4.90 Å². The van der Waals surface area contributed by atoms with E-state index < -0.39 is 34.4 Å². The van der Waals surface area contributed by atoms with Gasteiger partial charge in [0.2, 0.25) is 14.2 Å². The third-order valence-corrected chi connectivity index (χ3v) is 19.0. The quantitative estimate of drug-likeness (QED) is 0.224. The van der Waals surface area contributed by atoms with Crippen LogP contribution >= 0.6 is 0 Å². The van der Waals surface area contributed by atoms with Gasteiger partial charge < -0.3 is 13.6 Å². The summed E-state index contributed by atoms with van der Waals surface area (Å²) in [6.45, 7) is 23.5. The van der Waals surface area contributed by atoms with Crippen molar-refractivity contribution in [3.8, 4) is 5.75 Å². The van der Waals surface area contributed by atoms with E-state index in [0.717, 1.165) is 21.7 Å². The maximum Gasteiger partial charge on any atom is 0.417 e. The lowest BCUT2D eigenvalue weighted by Gasteiger charge is -2.45. The van der Waals surface area contributed by atoms with E-state index in [2.05, 4.69) is 115 Å². The first-order valence-electron chi connectivity index (χ1n) is 16.8. The molecule has 1 saturated heterocycles. The van der Waals surface area contributed by atoms with Gasteiger partial charge in [0.1, 0.15) is 11.4 Å². The Bertz CT molecular complexity index is 1460. The summed E-state index contributed by atoms with van der Waals surface area (Å²) in [5.74, 6) is 0.536. The molecule has 0 unspecified atom stereocenters. The smallest absolute Gasteiger partial charge is 0.417 e. The van der Waals surface area contributed by atoms with Crippen molar-refractivity contribution in [3.63, 3.8) is 0 Å². The van der Waals surface area contributed by atoms with E-state index in [1.54, 1.807) is 0 Å². The van der Waals surface area contributed by atoms with Crippen LogP contribution in [0.2, 0.25) is 23.2 Å². The minimum atomic E-state index is -2.92. The van der Waals surface area contributed by atoms with Gasteiger partial charge in [0.25, 0.3) is 8.32 Å². The molecule has 3 aromatic rings. The molecule has 0 bridgehead atoms. The number of ether oxygens (including phenoxy) is 1. The molecule has 6 nitrogen and oxygen atoms in total. The highest BCUT2D eigenvalue weighted by molar-refractivity contribution is 6.99. The highest BCUT2D eigenvalue weighted by atomic mass is 28.4. The van der Waals surface area contributed by atoms with E-state index in [-0.39, 0.29) is 34.9 Å². The lowest BCUT2D eigenvalue weighted by molar-refractivity contribution is -0.136. The van der Waals surface area contributed by atoms with Crippen molar-refractivity contribution in [2.24, 2.45) is 0 Å². The third kappa shape index (κ3) is 8.27. The number of carbonyl (C=O) groups excluding carboxylic acids is 2. The van der Waals surface area contributed by atoms with Crippen molar-refractivity contribution in [2.45, 2.75) is 116 Å². The zero-order valence-electron chi connectivity index (χ0n) is 30.3. The molecule has 1 heterocycles. The summed E-state index contributed by atoms with van der Waals surface area (Å²) in [7, 11) is -4.91. The number of carbonyl (C=O) groups is 2. The Morgan fingerprint density at radius 2 is 1.28 bits per heavy atom. The summed E-state index contributed by atoms with van der Waals surface area (Å²) in [5, 5.41) is 2.15. The van der Waals surface area contributed by atoms with Crippen LogP contribution in [-0.4, -0.2) is 51.8 Å². The summed E-state index contributed by atoms with van der Waals surface area (Å²) in [4.78, 5) is 28.9. The standard InChI is InChI=1S/C39H55NO5Si2/c1-37(2,3)44-36(42)40-31(26-30(27-35(40)41)29-22-24-32(25-23-29)45-46(10,11)38(4,5)6)28-43-47(39(7,8)9,33-18-14-12-15-19-33)34-20-16-13-17-21-34/h12-25,30-31H,26-28H2,1-11H3/t30-,31+/m1/s1. The summed E-state index contributed by atoms with van der Waals surface area (Å²) in [6.07, 6.45) is 0.179. The predicted octanol–water partition coefficient (Wildman–Crippen LogP) is 8.66. The molecular weight excluding hydrogens is 619 g/mol. The molecule has 0 N–H and O–H groups in total. The van der Waals surface area contributed by atoms with Gasteiger partial charge in [-0.2, -0.15) is 0 Å². The first kappa shape index (κ1) is 36.6. The van der Waals surface area contributed by atoms with E-state index in [4.69, 9.17) is 13.6 Å². The number of piperidine rings is 1. The lowest BCUT2D eigenvalue weighted by atomic mass is 9.85. The van der Waals surface area contributed by atoms with Crippen LogP contribution in [0.25, 0.3) is 0 Å². The maximum atomic E-state index is 13.9. The van der Waals surface area contributed by atoms with Crippen LogP contribution in [0.4, 0.5) is 4.79 Å². The zero-order valence-corrected chi connectivity index (χ0v) is 32.3. The topological polar surface area (TPSA) is 65.1 Å². The van der Waals surface area contributed by atoms with E-state index in [1.807, 2.05) is 45.0 Å². The first-order valence-corrected chi connectivity index (χ1v) is 21.7. The van der Waals surface area contributed by atoms with Crippen LogP contribution < -0.4 is 14.8 Å². The summed E-state index contributed by atoms with van der Waals surface area (Å²) < 4.78 is 19.6. The van der Waals surface area contributed by atoms with Gasteiger partial charge in [-0.3, -0.25) is 4.79 Å². The summed E-state index contributed by atoms with van der Waals surface area (Å²) in [5.41, 5.74) is 0.317. The Morgan fingerprint density at radius 3 is 1.72 bits per heavy atom. The molecule has 4 rings (SSSR count). The molecule has 1 aliphatic heterocycles. The Morgan fingerprint density at radius 1 is 0.766 bits per heavy atom. The number of likely N-dealkylation sites (tertiary alicyclic amines) is 1. The number of rotatable bonds is 8. The van der Waals surface area contributed by atoms with Gasteiger partial charge in [0.05, 0.1) is 12.6 Å². The van der Waals surface area contributed by atoms with Crippen molar-refractivity contribution in [2.75, 3.05) is 6.61 Å². The third-order valence-electron chi connectivity index (χ3n) is 9.64. The Kier molecular flexibility index (Phi) is 10.7. The van der Waals surface area contributed by atoms with E-state index in [0.29, 0.717) is 6.42 Å². The Hall–Kier alpha value is -3.21. The van der Waals surface area contributed by atoms with Crippen molar-refractivity contribution in [3.05, 3.63) is 90.5 Å². The number of benzene rings is 3. The molecule has 1 fully saturated rings. The lowest BCUT2D eigenvalue weighted by Crippen LogP contribution is -2.67. The SMILES string of the molecule is CC(C)(C)OC(=O)N1C(=O)C[C@H](c2ccc(O[Si](C)(C)C(C)(C)C)cc2)C[C@H]1CO[Si](c1ccccc1)(c1ccccc1)C(C)(C)C. The van der Waals surface area contributed by atoms with Crippen LogP contribution in [0.1, 0.15) is 86.6 Å². The highest BCUT2D eigenvalue weighted by Gasteiger charge is 2.51. The molecule has 254 valence electrons. The largest absolute Gasteiger partial charge is 0.544 e. The Labute approximate surface area is 285 Å². The van der Waals surface area contributed by atoms with Crippen LogP contribution in [0.5, 0.6) is 5.75 Å². The van der Waals surface area contributed by atoms with Gasteiger partial charge in [-0.05, 0) is 84.4 Å². The minimum absolute atomic E-state index is 0.0733. The van der Waals surface area contributed by atoms with Crippen LogP contribution in [0, 0.1) is 0 Å². The molecule has 0 radical (unpaired) electrons. The van der Waals surface area contributed by atoms with Crippen LogP contribution in [-0.2, 0) is 14.0 Å². The fraction of sp³-hybridized carbons (Fsp3) is 0.487. The van der Waals surface area contributed by atoms with Gasteiger partial charge in [0.15, 0.2) is 0 Å². The average molecular weight is 674 g/mol. The van der Waals surface area contributed by atoms with Crippen LogP contribution in [0.15, 0.2) is 84.9 Å². The van der Waals surface area contributed by atoms with Crippen molar-refractivity contribution in [1.29, 1.82) is 0 Å². The molecule has 1 aliphatic rings. The average Bonchev–Trinajstić information content (AvgIpc) is 2.96. The van der Waals surface area contributed by atoms with Crippen molar-refractivity contribution < 1.29 is 23.2 Å². The zero-order chi connectivity index (χ0) is 34.8. The van der Waals surface area contributed by atoms with E-state index in [9.17, 15) is 9.59 Å². The summed E-state index contributed by atoms with van der Waals surface area (Å²) >= 11 is 0. The van der Waals surface area contributed by atoms with Crippen LogP contribution in [0.3, 0.4) is 0 Å². The molecule has 3 aromatic carbocycles. The molecule has 8 heteroatoms. The summed E-state index contributed by atoms with van der Waals surface area (Å²) in [6, 6.07) is 28.6. The molecule has 0 aromatic heterocycles. The number of amides is 2. The molecule has 47 heavy (non-hydrogen) atoms. The van der Waals surface area contributed by atoms with Crippen molar-refractivity contribution in [1.82, 2.24) is 4.90 Å². The molecular formula is C39H55NO5Si2. The van der Waals surface area contributed by atoms with E-state index >= 15 is 0 Å². The first-order chi connectivity index (χ1) is 21.7. The van der Waals surface area contributed by atoms with Gasteiger partial charge in [0, 0.05) is 6.42 Å². The van der Waals surface area contributed by atoms with Gasteiger partial charge in [-0.25, -0.2) is 9.69 Å². The monoisotopic (exact) mass is 673 g/mol. The van der Waals surface area contributed by atoms with Gasteiger partial charge >= 0.3 is 6.09 Å². The maximum absolute atomic E-state index is 13.9. The Balaban J connectivity index is 1.70. The second-order valence-electron chi connectivity index (χ2n) is 16.4. The molecule has 2 amide bonds. The normalized spacial score (nSPS) is 18.2. The van der Waals surface area contributed by atoms with Gasteiger partial charge in [-0.15, -0.1) is 0 Å². The molecule has 0 aliphatic carbocycles. The molecule has 0 saturated carbocycles.